The zero-order valence-corrected chi connectivity index (χ0v) is 55.6. The third-order valence-electron chi connectivity index (χ3n) is 9.64. The molecule has 0 aliphatic rings. The molecule has 0 saturated carbocycles. The summed E-state index contributed by atoms with van der Waals surface area (Å²) in [6.45, 7) is 36.1. The van der Waals surface area contributed by atoms with Crippen molar-refractivity contribution >= 4 is 79.9 Å². The molecular weight excluding hydrogens is 1170 g/mol. The highest BCUT2D eigenvalue weighted by molar-refractivity contribution is 9.10. The molecule has 0 amide bonds. The number of aryl methyl sites for hydroxylation is 5. The third kappa shape index (κ3) is 34.9. The molecule has 0 bridgehead atoms. The number of hydrogen-bond donors (Lipinski definition) is 1. The zero-order valence-electron chi connectivity index (χ0n) is 53.1. The monoisotopic (exact) mass is 1250 g/mol. The summed E-state index contributed by atoms with van der Waals surface area (Å²) in [6.07, 6.45) is 11.9. The second-order valence-electron chi connectivity index (χ2n) is 16.4. The topological polar surface area (TPSA) is 252 Å². The first-order valence-corrected chi connectivity index (χ1v) is 31.7. The van der Waals surface area contributed by atoms with Gasteiger partial charge in [-0.15, -0.1) is 18.4 Å². The Hall–Kier alpha value is -9.05. The van der Waals surface area contributed by atoms with E-state index in [1.165, 1.54) is 47.3 Å². The van der Waals surface area contributed by atoms with Gasteiger partial charge in [-0.2, -0.15) is 0 Å². The fourth-order valence-electron chi connectivity index (χ4n) is 5.72. The van der Waals surface area contributed by atoms with Gasteiger partial charge in [0.2, 0.25) is 0 Å². The number of nitro benzene ring substituents is 5. The Morgan fingerprint density at radius 2 is 0.800 bits per heavy atom. The molecule has 8 rings (SSSR count). The van der Waals surface area contributed by atoms with Crippen molar-refractivity contribution in [2.45, 2.75) is 123 Å². The van der Waals surface area contributed by atoms with Gasteiger partial charge in [0.05, 0.1) is 24.6 Å². The predicted octanol–water partition coefficient (Wildman–Crippen LogP) is 19.7. The minimum atomic E-state index is -1.44. The Morgan fingerprint density at radius 1 is 0.471 bits per heavy atom. The van der Waals surface area contributed by atoms with Crippen molar-refractivity contribution in [1.82, 2.24) is 9.13 Å². The minimum absolute atomic E-state index is 0.0959. The molecule has 2 aromatic heterocycles. The van der Waals surface area contributed by atoms with Gasteiger partial charge in [-0.3, -0.25) is 50.6 Å². The number of aromatic nitrogens is 2. The predicted molar refractivity (Wildman–Crippen MR) is 359 cm³/mol. The summed E-state index contributed by atoms with van der Waals surface area (Å²) < 4.78 is 16.9. The molecule has 2 heterocycles. The molecule has 0 unspecified atom stereocenters. The number of non-ortho nitro benzene ring substituents is 5. The number of nitro groups is 5. The van der Waals surface area contributed by atoms with Crippen LogP contribution in [0.15, 0.2) is 150 Å². The summed E-state index contributed by atoms with van der Waals surface area (Å²) in [7, 11) is 2.50. The molecule has 18 nitrogen and oxygen atoms in total. The molecule has 21 heteroatoms. The smallest absolute Gasteiger partial charge is 0.270 e. The molecular formula is C64H88BrFN8O10Si. The maximum Gasteiger partial charge on any atom is 0.270 e. The van der Waals surface area contributed by atoms with Gasteiger partial charge < -0.3 is 14.9 Å². The Kier molecular flexibility index (Phi) is 48.3. The van der Waals surface area contributed by atoms with Crippen molar-refractivity contribution < 1.29 is 29.0 Å². The SMILES string of the molecule is C#C.CC.CC.CC.CC.CC.CC.Cc1ccc([N+](=O)[O-])cc1.Cc1ccc([N+](=O)[O-])cc1Br.Cc1ccc([N+](=O)[O-])cc1C#C[Si](C)(C)C.Cn1ccc2cc(N)ccc21.Cn1ccc2cc([N+](=O)[O-])ccc21.O=[N+]([O-])c1ccc(F)cc1. The van der Waals surface area contributed by atoms with Gasteiger partial charge in [-0.05, 0) is 80.4 Å². The average molecular weight is 1260 g/mol. The maximum atomic E-state index is 12.1. The van der Waals surface area contributed by atoms with Gasteiger partial charge >= 0.3 is 0 Å². The number of benzene rings is 6. The molecule has 0 saturated heterocycles. The fourth-order valence-corrected chi connectivity index (χ4v) is 6.60. The molecule has 0 spiro atoms. The largest absolute Gasteiger partial charge is 0.399 e. The van der Waals surface area contributed by atoms with Gasteiger partial charge in [0.25, 0.3) is 28.4 Å². The van der Waals surface area contributed by atoms with E-state index in [9.17, 15) is 55.0 Å². The van der Waals surface area contributed by atoms with E-state index in [-0.39, 0.29) is 38.3 Å². The van der Waals surface area contributed by atoms with Crippen LogP contribution in [0.3, 0.4) is 0 Å². The van der Waals surface area contributed by atoms with Crippen molar-refractivity contribution in [1.29, 1.82) is 0 Å². The van der Waals surface area contributed by atoms with Crippen LogP contribution in [0, 0.1) is 101 Å². The Labute approximate surface area is 512 Å². The normalized spacial score (nSPS) is 8.85. The van der Waals surface area contributed by atoms with Gasteiger partial charge in [-0.1, -0.05) is 154 Å². The van der Waals surface area contributed by atoms with Crippen LogP contribution in [0.25, 0.3) is 21.8 Å². The van der Waals surface area contributed by atoms with E-state index < -0.39 is 28.7 Å². The van der Waals surface area contributed by atoms with Crippen LogP contribution < -0.4 is 5.73 Å². The molecule has 0 atom stereocenters. The third-order valence-corrected chi connectivity index (χ3v) is 11.4. The van der Waals surface area contributed by atoms with Crippen molar-refractivity contribution in [3.05, 3.63) is 229 Å². The molecule has 0 aliphatic carbocycles. The van der Waals surface area contributed by atoms with Crippen LogP contribution in [-0.2, 0) is 14.1 Å². The summed E-state index contributed by atoms with van der Waals surface area (Å²) >= 11 is 3.21. The van der Waals surface area contributed by atoms with E-state index in [2.05, 4.69) is 70.5 Å². The summed E-state index contributed by atoms with van der Waals surface area (Å²) in [5.74, 6) is 2.59. The first kappa shape index (κ1) is 84.8. The maximum absolute atomic E-state index is 12.1. The average Bonchev–Trinajstić information content (AvgIpc) is 4.18. The molecule has 6 aromatic carbocycles. The van der Waals surface area contributed by atoms with Crippen LogP contribution in [-0.4, -0.2) is 41.8 Å². The lowest BCUT2D eigenvalue weighted by Gasteiger charge is -2.04. The first-order valence-electron chi connectivity index (χ1n) is 27.4. The van der Waals surface area contributed by atoms with Crippen molar-refractivity contribution in [2.24, 2.45) is 14.1 Å². The highest BCUT2D eigenvalue weighted by Gasteiger charge is 2.11. The molecule has 8 aromatic rings. The number of nitrogens with zero attached hydrogens (tertiary/aromatic N) is 7. The van der Waals surface area contributed by atoms with Crippen molar-refractivity contribution in [3.63, 3.8) is 0 Å². The lowest BCUT2D eigenvalue weighted by molar-refractivity contribution is -0.385. The number of terminal acetylenes is 1. The number of nitrogens with two attached hydrogens (primary N) is 1. The lowest BCUT2D eigenvalue weighted by Crippen LogP contribution is -2.16. The van der Waals surface area contributed by atoms with Crippen molar-refractivity contribution in [2.75, 3.05) is 5.73 Å². The Morgan fingerprint density at radius 3 is 1.19 bits per heavy atom. The van der Waals surface area contributed by atoms with Crippen LogP contribution in [0.1, 0.15) is 105 Å². The molecule has 0 radical (unpaired) electrons. The quantitative estimate of drug-likeness (QED) is 0.0557. The number of halogens is 2. The summed E-state index contributed by atoms with van der Waals surface area (Å²) in [5.41, 5.74) is 16.1. The fraction of sp³-hybridized carbons (Fsp3) is 0.312. The summed E-state index contributed by atoms with van der Waals surface area (Å²) in [5, 5.41) is 53.5. The first-order chi connectivity index (χ1) is 40.3. The highest BCUT2D eigenvalue weighted by atomic mass is 79.9. The highest BCUT2D eigenvalue weighted by Crippen LogP contribution is 2.23. The van der Waals surface area contributed by atoms with Crippen molar-refractivity contribution in [3.8, 4) is 24.3 Å². The summed E-state index contributed by atoms with van der Waals surface area (Å²) in [6, 6.07) is 35.0. The van der Waals surface area contributed by atoms with Gasteiger partial charge in [0, 0.05) is 125 Å². The summed E-state index contributed by atoms with van der Waals surface area (Å²) in [4.78, 5) is 49.3. The van der Waals surface area contributed by atoms with Crippen LogP contribution in [0.5, 0.6) is 0 Å². The second kappa shape index (κ2) is 48.5. The van der Waals surface area contributed by atoms with Gasteiger partial charge in [0.1, 0.15) is 13.9 Å². The zero-order chi connectivity index (χ0) is 67.2. The molecule has 0 aliphatic heterocycles. The molecule has 2 N–H and O–H groups in total. The second-order valence-corrected chi connectivity index (χ2v) is 22.0. The van der Waals surface area contributed by atoms with E-state index in [0.29, 0.717) is 0 Å². The molecule has 0 fully saturated rings. The standard InChI is InChI=1S/C12H15NO2Si.C9H8N2O2.C9H10N2.C7H6BrNO2.C7H7NO2.C6H4FNO2.6C2H6.C2H2/c1-10-5-6-12(13(14)15)9-11(10)7-8-16(2,3)4;1-10-5-4-7-6-8(11(12)13)2-3-9(7)10;1-11-5-4-7-6-8(10)2-3-9(7)11;1-5-2-3-6(9(10)11)4-7(5)8;1-6-2-4-7(5-3-6)8(9)10;7-5-1-3-6(4-2-5)8(9)10;7*1-2/h5-6,9H,1-4H3;2-6H,1H3;2-6H,10H2,1H3;2-4H,1H3;2-5H,1H3;1-4H;6*1-2H3;1-2H. The van der Waals surface area contributed by atoms with Crippen LogP contribution in [0.2, 0.25) is 19.6 Å². The molecule has 85 heavy (non-hydrogen) atoms. The Balaban J connectivity index is -0.000000290. The van der Waals surface area contributed by atoms with E-state index >= 15 is 0 Å². The van der Waals surface area contributed by atoms with Gasteiger partial charge in [0.15, 0.2) is 0 Å². The van der Waals surface area contributed by atoms with Crippen LogP contribution >= 0.6 is 15.9 Å². The van der Waals surface area contributed by atoms with E-state index in [0.717, 1.165) is 67.6 Å². The number of hydrogen-bond acceptors (Lipinski definition) is 11. The number of fused-ring (bicyclic) bond motifs is 2. The minimum Gasteiger partial charge on any atom is -0.399 e. The van der Waals surface area contributed by atoms with E-state index in [1.54, 1.807) is 42.5 Å². The Bertz CT molecular complexity index is 3240. The van der Waals surface area contributed by atoms with E-state index in [1.807, 2.05) is 159 Å². The number of anilines is 1. The van der Waals surface area contributed by atoms with E-state index in [4.69, 9.17) is 5.73 Å². The number of rotatable bonds is 5. The van der Waals surface area contributed by atoms with Gasteiger partial charge in [-0.25, -0.2) is 4.39 Å². The molecule has 462 valence electrons. The van der Waals surface area contributed by atoms with Crippen LogP contribution in [0.4, 0.5) is 38.5 Å². The lowest BCUT2D eigenvalue weighted by atomic mass is 10.1. The number of nitrogen functional groups attached to an aromatic ring is 1.